The average Bonchev–Trinajstić information content (AvgIpc) is 2.77. The Kier molecular flexibility index (Phi) is 6.11. The normalized spacial score (nSPS) is 18.8. The zero-order valence-corrected chi connectivity index (χ0v) is 17.8. The van der Waals surface area contributed by atoms with E-state index in [2.05, 4.69) is 15.8 Å². The summed E-state index contributed by atoms with van der Waals surface area (Å²) in [7, 11) is 0. The maximum Gasteiger partial charge on any atom is 0.269 e. The van der Waals surface area contributed by atoms with Crippen LogP contribution in [0.1, 0.15) is 43.7 Å². The number of hydrogen-bond donors (Lipinski definition) is 2. The topological polar surface area (TPSA) is 114 Å². The standard InChI is InChI=1S/C24H24N4O4/c1-15-13-23(30)26-27-24(15)17-7-9-18(10-8-17)25-21-3-2-4-22(29)20(21)14-16-5-11-19(12-6-16)28(31)32/h5-12,15,25H,2-4,13-14H2,1H3,(H,26,30). The third kappa shape index (κ3) is 4.74. The highest BCUT2D eigenvalue weighted by Gasteiger charge is 2.23. The molecule has 0 aromatic heterocycles. The lowest BCUT2D eigenvalue weighted by atomic mass is 9.90. The molecule has 32 heavy (non-hydrogen) atoms. The molecule has 164 valence electrons. The second-order valence-electron chi connectivity index (χ2n) is 8.17. The lowest BCUT2D eigenvalue weighted by molar-refractivity contribution is -0.384. The lowest BCUT2D eigenvalue weighted by Crippen LogP contribution is -2.31. The van der Waals surface area contributed by atoms with Crippen LogP contribution >= 0.6 is 0 Å². The molecule has 2 aromatic rings. The van der Waals surface area contributed by atoms with Crippen LogP contribution in [-0.2, 0) is 16.0 Å². The van der Waals surface area contributed by atoms with Crippen LogP contribution in [0.15, 0.2) is 64.9 Å². The van der Waals surface area contributed by atoms with Crippen LogP contribution in [0.2, 0.25) is 0 Å². The van der Waals surface area contributed by atoms with Crippen molar-refractivity contribution in [3.63, 3.8) is 0 Å². The molecule has 0 saturated heterocycles. The summed E-state index contributed by atoms with van der Waals surface area (Å²) in [5.41, 5.74) is 7.71. The van der Waals surface area contributed by atoms with Crippen molar-refractivity contribution >= 4 is 28.8 Å². The first-order valence-corrected chi connectivity index (χ1v) is 10.6. The monoisotopic (exact) mass is 432 g/mol. The number of ketones is 1. The van der Waals surface area contributed by atoms with Gasteiger partial charge in [-0.2, -0.15) is 5.10 Å². The quantitative estimate of drug-likeness (QED) is 0.527. The number of nitrogens with one attached hydrogen (secondary N) is 2. The Hall–Kier alpha value is -3.81. The second kappa shape index (κ2) is 9.13. The van der Waals surface area contributed by atoms with Crippen molar-refractivity contribution in [2.24, 2.45) is 11.0 Å². The molecule has 8 heteroatoms. The van der Waals surface area contributed by atoms with Gasteiger partial charge in [-0.25, -0.2) is 5.43 Å². The molecule has 1 amide bonds. The fourth-order valence-corrected chi connectivity index (χ4v) is 4.08. The van der Waals surface area contributed by atoms with Crippen LogP contribution in [-0.4, -0.2) is 22.3 Å². The number of allylic oxidation sites excluding steroid dienone is 2. The fourth-order valence-electron chi connectivity index (χ4n) is 4.08. The Labute approximate surface area is 185 Å². The molecule has 2 aromatic carbocycles. The van der Waals surface area contributed by atoms with Crippen molar-refractivity contribution in [1.29, 1.82) is 0 Å². The molecule has 2 aliphatic rings. The Morgan fingerprint density at radius 1 is 1.09 bits per heavy atom. The van der Waals surface area contributed by atoms with Crippen LogP contribution in [0.5, 0.6) is 0 Å². The number of nitro benzene ring substituents is 1. The molecule has 0 radical (unpaired) electrons. The van der Waals surface area contributed by atoms with E-state index in [0.29, 0.717) is 19.3 Å². The maximum absolute atomic E-state index is 12.6. The fraction of sp³-hybridized carbons (Fsp3) is 0.292. The summed E-state index contributed by atoms with van der Waals surface area (Å²) in [4.78, 5) is 34.6. The van der Waals surface area contributed by atoms with E-state index >= 15 is 0 Å². The summed E-state index contributed by atoms with van der Waals surface area (Å²) < 4.78 is 0. The number of rotatable bonds is 6. The van der Waals surface area contributed by atoms with Gasteiger partial charge in [0.15, 0.2) is 5.78 Å². The van der Waals surface area contributed by atoms with Crippen molar-refractivity contribution in [3.05, 3.63) is 81.0 Å². The van der Waals surface area contributed by atoms with E-state index < -0.39 is 4.92 Å². The van der Waals surface area contributed by atoms with Gasteiger partial charge >= 0.3 is 0 Å². The maximum atomic E-state index is 12.6. The van der Waals surface area contributed by atoms with E-state index in [1.807, 2.05) is 31.2 Å². The first-order valence-electron chi connectivity index (χ1n) is 10.6. The predicted molar refractivity (Wildman–Crippen MR) is 121 cm³/mol. The number of Topliss-reactive ketones (excluding diaryl/α,β-unsaturated/α-hetero) is 1. The van der Waals surface area contributed by atoms with Gasteiger partial charge < -0.3 is 5.32 Å². The molecule has 4 rings (SSSR count). The Bertz CT molecular complexity index is 1120. The molecular weight excluding hydrogens is 408 g/mol. The van der Waals surface area contributed by atoms with Gasteiger partial charge in [0.1, 0.15) is 0 Å². The van der Waals surface area contributed by atoms with Crippen LogP contribution < -0.4 is 10.7 Å². The molecule has 0 spiro atoms. The highest BCUT2D eigenvalue weighted by molar-refractivity contribution is 6.05. The summed E-state index contributed by atoms with van der Waals surface area (Å²) in [6.45, 7) is 1.98. The van der Waals surface area contributed by atoms with Gasteiger partial charge in [0.25, 0.3) is 5.69 Å². The van der Waals surface area contributed by atoms with Crippen LogP contribution in [0.25, 0.3) is 0 Å². The first-order chi connectivity index (χ1) is 15.4. The number of benzene rings is 2. The van der Waals surface area contributed by atoms with E-state index in [-0.39, 0.29) is 23.3 Å². The summed E-state index contributed by atoms with van der Waals surface area (Å²) in [6, 6.07) is 14.1. The van der Waals surface area contributed by atoms with E-state index in [1.165, 1.54) is 12.1 Å². The zero-order chi connectivity index (χ0) is 22.7. The molecule has 1 aliphatic heterocycles. The van der Waals surface area contributed by atoms with Gasteiger partial charge in [-0.1, -0.05) is 31.2 Å². The van der Waals surface area contributed by atoms with Gasteiger partial charge in [-0.15, -0.1) is 0 Å². The Balaban J connectivity index is 1.53. The molecule has 1 heterocycles. The van der Waals surface area contributed by atoms with Gasteiger partial charge in [-0.3, -0.25) is 19.7 Å². The minimum Gasteiger partial charge on any atom is -0.359 e. The summed E-state index contributed by atoms with van der Waals surface area (Å²) >= 11 is 0. The summed E-state index contributed by atoms with van der Waals surface area (Å²) in [5.74, 6) is 0.0818. The van der Waals surface area contributed by atoms with E-state index in [1.54, 1.807) is 12.1 Å². The summed E-state index contributed by atoms with van der Waals surface area (Å²) in [5, 5.41) is 18.5. The predicted octanol–water partition coefficient (Wildman–Crippen LogP) is 4.12. The van der Waals surface area contributed by atoms with Gasteiger partial charge in [0.05, 0.1) is 10.6 Å². The van der Waals surface area contributed by atoms with Crippen molar-refractivity contribution in [2.75, 3.05) is 5.32 Å². The molecule has 0 bridgehead atoms. The van der Waals surface area contributed by atoms with Crippen LogP contribution in [0, 0.1) is 16.0 Å². The van der Waals surface area contributed by atoms with Crippen LogP contribution in [0.3, 0.4) is 0 Å². The number of carbonyl (C=O) groups excluding carboxylic acids is 2. The SMILES string of the molecule is CC1CC(=O)NN=C1c1ccc(NC2=C(Cc3ccc([N+](=O)[O-])cc3)C(=O)CCC2)cc1. The van der Waals surface area contributed by atoms with Crippen molar-refractivity contribution in [2.45, 2.75) is 39.0 Å². The van der Waals surface area contributed by atoms with Gasteiger partial charge in [0.2, 0.25) is 5.91 Å². The smallest absolute Gasteiger partial charge is 0.269 e. The number of amides is 1. The van der Waals surface area contributed by atoms with Crippen molar-refractivity contribution < 1.29 is 14.5 Å². The molecule has 1 unspecified atom stereocenters. The molecular formula is C24H24N4O4. The largest absolute Gasteiger partial charge is 0.359 e. The number of hydrazone groups is 1. The summed E-state index contributed by atoms with van der Waals surface area (Å²) in [6.07, 6.45) is 2.92. The number of nitrogens with zero attached hydrogens (tertiary/aromatic N) is 2. The van der Waals surface area contributed by atoms with Crippen molar-refractivity contribution in [3.8, 4) is 0 Å². The first kappa shape index (κ1) is 21.4. The minimum absolute atomic E-state index is 0.0348. The second-order valence-corrected chi connectivity index (χ2v) is 8.17. The molecule has 1 aliphatic carbocycles. The van der Waals surface area contributed by atoms with Gasteiger partial charge in [0, 0.05) is 54.3 Å². The molecule has 0 fully saturated rings. The third-order valence-corrected chi connectivity index (χ3v) is 5.79. The third-order valence-electron chi connectivity index (χ3n) is 5.79. The van der Waals surface area contributed by atoms with Gasteiger partial charge in [-0.05, 0) is 36.1 Å². The molecule has 8 nitrogen and oxygen atoms in total. The highest BCUT2D eigenvalue weighted by atomic mass is 16.6. The molecule has 2 N–H and O–H groups in total. The van der Waals surface area contributed by atoms with Crippen LogP contribution in [0.4, 0.5) is 11.4 Å². The van der Waals surface area contributed by atoms with E-state index in [0.717, 1.165) is 46.6 Å². The number of hydrogen-bond acceptors (Lipinski definition) is 6. The molecule has 0 saturated carbocycles. The highest BCUT2D eigenvalue weighted by Crippen LogP contribution is 2.28. The van der Waals surface area contributed by atoms with E-state index in [9.17, 15) is 19.7 Å². The molecule has 1 atom stereocenters. The van der Waals surface area contributed by atoms with E-state index in [4.69, 9.17) is 0 Å². The number of carbonyl (C=O) groups is 2. The Morgan fingerprint density at radius 2 is 1.81 bits per heavy atom. The lowest BCUT2D eigenvalue weighted by Gasteiger charge is -2.22. The zero-order valence-electron chi connectivity index (χ0n) is 17.8. The Morgan fingerprint density at radius 3 is 2.47 bits per heavy atom. The van der Waals surface area contributed by atoms with Crippen molar-refractivity contribution in [1.82, 2.24) is 5.43 Å². The minimum atomic E-state index is -0.432. The number of non-ortho nitro benzene ring substituents is 1. The number of nitro groups is 1. The number of anilines is 1. The average molecular weight is 432 g/mol.